The molecule has 0 aliphatic rings. The molecule has 0 unspecified atom stereocenters. The number of hydrogen-bond donors (Lipinski definition) is 0. The molecule has 2 nitrogen and oxygen atoms in total. The lowest BCUT2D eigenvalue weighted by atomic mass is 9.84. The summed E-state index contributed by atoms with van der Waals surface area (Å²) in [4.78, 5) is 0. The van der Waals surface area contributed by atoms with Crippen molar-refractivity contribution in [2.45, 2.75) is 55.4 Å². The van der Waals surface area contributed by atoms with Gasteiger partial charge in [0, 0.05) is 11.1 Å². The molecule has 0 heterocycles. The summed E-state index contributed by atoms with van der Waals surface area (Å²) >= 11 is 0. The summed E-state index contributed by atoms with van der Waals surface area (Å²) in [6.07, 6.45) is 0. The van der Waals surface area contributed by atoms with Gasteiger partial charge >= 0.3 is 0 Å². The summed E-state index contributed by atoms with van der Waals surface area (Å²) in [7, 11) is 3.52. The number of hydrogen-bond acceptors (Lipinski definition) is 2. The Morgan fingerprint density at radius 3 is 0.875 bits per heavy atom. The molecular formula is C22H30O2. The van der Waals surface area contributed by atoms with E-state index in [0.29, 0.717) is 0 Å². The summed E-state index contributed by atoms with van der Waals surface area (Å²) in [6, 6.07) is 0. The van der Waals surface area contributed by atoms with Crippen LogP contribution in [-0.4, -0.2) is 14.2 Å². The highest BCUT2D eigenvalue weighted by Gasteiger charge is 2.24. The van der Waals surface area contributed by atoms with Gasteiger partial charge in [-0.25, -0.2) is 0 Å². The summed E-state index contributed by atoms with van der Waals surface area (Å²) in [5, 5.41) is 0. The van der Waals surface area contributed by atoms with Gasteiger partial charge in [-0.3, -0.25) is 0 Å². The Labute approximate surface area is 146 Å². The van der Waals surface area contributed by atoms with E-state index in [2.05, 4.69) is 55.4 Å². The minimum atomic E-state index is 0.958. The van der Waals surface area contributed by atoms with Crippen LogP contribution < -0.4 is 9.47 Å². The number of benzene rings is 2. The van der Waals surface area contributed by atoms with E-state index in [-0.39, 0.29) is 0 Å². The van der Waals surface area contributed by atoms with E-state index in [1.54, 1.807) is 14.2 Å². The van der Waals surface area contributed by atoms with Crippen LogP contribution >= 0.6 is 0 Å². The molecule has 2 aromatic rings. The van der Waals surface area contributed by atoms with Gasteiger partial charge in [-0.1, -0.05) is 0 Å². The van der Waals surface area contributed by atoms with Crippen molar-refractivity contribution in [1.29, 1.82) is 0 Å². The van der Waals surface area contributed by atoms with Crippen LogP contribution in [0, 0.1) is 55.4 Å². The summed E-state index contributed by atoms with van der Waals surface area (Å²) in [5.74, 6) is 1.92. The van der Waals surface area contributed by atoms with Gasteiger partial charge in [-0.15, -0.1) is 0 Å². The third kappa shape index (κ3) is 2.49. The first-order valence-electron chi connectivity index (χ1n) is 8.47. The molecule has 2 aromatic carbocycles. The highest BCUT2D eigenvalue weighted by atomic mass is 16.5. The second kappa shape index (κ2) is 6.51. The molecule has 2 heteroatoms. The zero-order valence-electron chi connectivity index (χ0n) is 16.8. The predicted octanol–water partition coefficient (Wildman–Crippen LogP) is 5.84. The maximum atomic E-state index is 5.86. The molecule has 0 saturated heterocycles. The second-order valence-corrected chi connectivity index (χ2v) is 6.82. The van der Waals surface area contributed by atoms with Crippen LogP contribution in [0.4, 0.5) is 0 Å². The molecule has 0 fully saturated rings. The Bertz CT molecular complexity index is 745. The zero-order valence-corrected chi connectivity index (χ0v) is 16.8. The molecule has 0 bridgehead atoms. The molecular weight excluding hydrogens is 296 g/mol. The first kappa shape index (κ1) is 18.4. The standard InChI is InChI=1S/C22H30O2/c1-11-13(3)17(7)21(23-9)19(15(11)5)20-16(6)12(2)14(4)18(8)22(20)24-10/h1-10H3. The first-order valence-corrected chi connectivity index (χ1v) is 8.47. The van der Waals surface area contributed by atoms with Gasteiger partial charge in [0.2, 0.25) is 0 Å². The lowest BCUT2D eigenvalue weighted by Gasteiger charge is -2.25. The van der Waals surface area contributed by atoms with Crippen molar-refractivity contribution >= 4 is 0 Å². The van der Waals surface area contributed by atoms with Gasteiger partial charge in [-0.05, 0) is 99.9 Å². The van der Waals surface area contributed by atoms with Crippen molar-refractivity contribution in [2.75, 3.05) is 14.2 Å². The Kier molecular flexibility index (Phi) is 4.98. The average Bonchev–Trinajstić information content (AvgIpc) is 2.57. The van der Waals surface area contributed by atoms with Crippen molar-refractivity contribution < 1.29 is 9.47 Å². The first-order chi connectivity index (χ1) is 11.2. The van der Waals surface area contributed by atoms with Crippen LogP contribution in [0.2, 0.25) is 0 Å². The molecule has 0 N–H and O–H groups in total. The third-order valence-electron chi connectivity index (χ3n) is 5.92. The molecule has 0 atom stereocenters. The van der Waals surface area contributed by atoms with Crippen molar-refractivity contribution in [3.05, 3.63) is 44.5 Å². The van der Waals surface area contributed by atoms with Gasteiger partial charge in [0.25, 0.3) is 0 Å². The van der Waals surface area contributed by atoms with Gasteiger partial charge in [0.1, 0.15) is 11.5 Å². The topological polar surface area (TPSA) is 18.5 Å². The molecule has 0 spiro atoms. The van der Waals surface area contributed by atoms with Crippen molar-refractivity contribution in [2.24, 2.45) is 0 Å². The summed E-state index contributed by atoms with van der Waals surface area (Å²) in [6.45, 7) is 17.4. The van der Waals surface area contributed by atoms with E-state index >= 15 is 0 Å². The lowest BCUT2D eigenvalue weighted by molar-refractivity contribution is 0.406. The fourth-order valence-corrected chi connectivity index (χ4v) is 3.67. The van der Waals surface area contributed by atoms with Crippen LogP contribution in [0.25, 0.3) is 11.1 Å². The van der Waals surface area contributed by atoms with Crippen molar-refractivity contribution in [3.8, 4) is 22.6 Å². The minimum Gasteiger partial charge on any atom is -0.496 e. The molecule has 0 radical (unpaired) electrons. The van der Waals surface area contributed by atoms with Gasteiger partial charge in [-0.2, -0.15) is 0 Å². The molecule has 24 heavy (non-hydrogen) atoms. The highest BCUT2D eigenvalue weighted by molar-refractivity contribution is 5.86. The monoisotopic (exact) mass is 326 g/mol. The number of rotatable bonds is 3. The van der Waals surface area contributed by atoms with Crippen LogP contribution in [0.15, 0.2) is 0 Å². The quantitative estimate of drug-likeness (QED) is 0.705. The van der Waals surface area contributed by atoms with E-state index in [0.717, 1.165) is 11.5 Å². The smallest absolute Gasteiger partial charge is 0.130 e. The van der Waals surface area contributed by atoms with E-state index in [9.17, 15) is 0 Å². The number of ether oxygens (including phenoxy) is 2. The zero-order chi connectivity index (χ0) is 18.3. The Hall–Kier alpha value is -1.96. The highest BCUT2D eigenvalue weighted by Crippen LogP contribution is 2.47. The fourth-order valence-electron chi connectivity index (χ4n) is 3.67. The molecule has 0 amide bonds. The Morgan fingerprint density at radius 1 is 0.375 bits per heavy atom. The maximum Gasteiger partial charge on any atom is 0.130 e. The van der Waals surface area contributed by atoms with Crippen molar-refractivity contribution in [1.82, 2.24) is 0 Å². The average molecular weight is 326 g/mol. The van der Waals surface area contributed by atoms with E-state index in [4.69, 9.17) is 9.47 Å². The van der Waals surface area contributed by atoms with E-state index < -0.39 is 0 Å². The number of methoxy groups -OCH3 is 2. The van der Waals surface area contributed by atoms with E-state index in [1.807, 2.05) is 0 Å². The minimum absolute atomic E-state index is 0.958. The third-order valence-corrected chi connectivity index (χ3v) is 5.92. The molecule has 0 aliphatic carbocycles. The molecule has 130 valence electrons. The molecule has 0 aliphatic heterocycles. The second-order valence-electron chi connectivity index (χ2n) is 6.82. The lowest BCUT2D eigenvalue weighted by Crippen LogP contribution is -2.05. The molecule has 0 aromatic heterocycles. The van der Waals surface area contributed by atoms with Gasteiger partial charge < -0.3 is 9.47 Å². The normalized spacial score (nSPS) is 10.9. The SMILES string of the molecule is COc1c(C)c(C)c(C)c(C)c1-c1c(C)c(C)c(C)c(C)c1OC. The van der Waals surface area contributed by atoms with Crippen LogP contribution in [0.5, 0.6) is 11.5 Å². The predicted molar refractivity (Wildman–Crippen MR) is 103 cm³/mol. The summed E-state index contributed by atoms with van der Waals surface area (Å²) in [5.41, 5.74) is 12.5. The van der Waals surface area contributed by atoms with Crippen LogP contribution in [-0.2, 0) is 0 Å². The Balaban J connectivity index is 3.09. The van der Waals surface area contributed by atoms with E-state index in [1.165, 1.54) is 55.6 Å². The fraction of sp³-hybridized carbons (Fsp3) is 0.455. The maximum absolute atomic E-state index is 5.86. The van der Waals surface area contributed by atoms with Crippen molar-refractivity contribution in [3.63, 3.8) is 0 Å². The molecule has 2 rings (SSSR count). The summed E-state index contributed by atoms with van der Waals surface area (Å²) < 4.78 is 11.7. The van der Waals surface area contributed by atoms with Gasteiger partial charge in [0.05, 0.1) is 14.2 Å². The Morgan fingerprint density at radius 2 is 0.625 bits per heavy atom. The largest absolute Gasteiger partial charge is 0.496 e. The van der Waals surface area contributed by atoms with Crippen LogP contribution in [0.1, 0.15) is 44.5 Å². The van der Waals surface area contributed by atoms with Crippen LogP contribution in [0.3, 0.4) is 0 Å². The molecule has 0 saturated carbocycles. The van der Waals surface area contributed by atoms with Gasteiger partial charge in [0.15, 0.2) is 0 Å².